The van der Waals surface area contributed by atoms with Gasteiger partial charge in [-0.25, -0.2) is 9.59 Å². The van der Waals surface area contributed by atoms with E-state index >= 15 is 0 Å². The first kappa shape index (κ1) is 17.6. The van der Waals surface area contributed by atoms with Gasteiger partial charge >= 0.3 is 12.2 Å². The monoisotopic (exact) mass is 302 g/mol. The second kappa shape index (κ2) is 6.09. The third kappa shape index (κ3) is 3.78. The number of hydrogen-bond donors (Lipinski definition) is 1. The van der Waals surface area contributed by atoms with Crippen LogP contribution in [0, 0.1) is 5.41 Å². The first-order chi connectivity index (χ1) is 9.56. The van der Waals surface area contributed by atoms with Gasteiger partial charge in [0.15, 0.2) is 0 Å². The zero-order chi connectivity index (χ0) is 16.4. The largest absolute Gasteiger partial charge is 0.510 e. The van der Waals surface area contributed by atoms with Crippen LogP contribution in [0.25, 0.3) is 0 Å². The van der Waals surface area contributed by atoms with E-state index in [1.54, 1.807) is 27.8 Å². The van der Waals surface area contributed by atoms with Gasteiger partial charge in [-0.15, -0.1) is 0 Å². The number of urea groups is 1. The minimum absolute atomic E-state index is 0.406. The van der Waals surface area contributed by atoms with E-state index in [0.29, 0.717) is 24.4 Å². The number of ether oxygens (including phenoxy) is 2. The van der Waals surface area contributed by atoms with Crippen molar-refractivity contribution in [2.24, 2.45) is 5.41 Å². The Labute approximate surface area is 125 Å². The summed E-state index contributed by atoms with van der Waals surface area (Å²) >= 11 is 0. The van der Waals surface area contributed by atoms with Crippen LogP contribution in [0.3, 0.4) is 0 Å². The molecule has 2 amide bonds. The van der Waals surface area contributed by atoms with Gasteiger partial charge in [0.1, 0.15) is 5.60 Å². The van der Waals surface area contributed by atoms with Gasteiger partial charge in [0.25, 0.3) is 0 Å². The minimum Gasteiger partial charge on any atom is -0.429 e. The van der Waals surface area contributed by atoms with Crippen molar-refractivity contribution in [3.8, 4) is 0 Å². The number of hydroxylamine groups is 2. The lowest BCUT2D eigenvalue weighted by molar-refractivity contribution is -0.237. The molecule has 1 fully saturated rings. The lowest BCUT2D eigenvalue weighted by Crippen LogP contribution is -2.63. The number of amides is 2. The van der Waals surface area contributed by atoms with Crippen LogP contribution in [-0.4, -0.2) is 52.8 Å². The number of nitrogens with zero attached hydrogens (tertiary/aromatic N) is 2. The SMILES string of the molecule is CCC1(CC)CN(C)C(=O)N(O)C1OC(=O)OC(C)(C)C. The Morgan fingerprint density at radius 2 is 1.90 bits per heavy atom. The molecule has 0 aromatic carbocycles. The van der Waals surface area contributed by atoms with Crippen LogP contribution in [0.5, 0.6) is 0 Å². The third-order valence-electron chi connectivity index (χ3n) is 3.83. The number of carbonyl (C=O) groups excluding carboxylic acids is 2. The van der Waals surface area contributed by atoms with Gasteiger partial charge in [0.05, 0.1) is 0 Å². The highest BCUT2D eigenvalue weighted by molar-refractivity contribution is 5.74. The summed E-state index contributed by atoms with van der Waals surface area (Å²) in [6.07, 6.45) is -0.654. The smallest absolute Gasteiger partial charge is 0.429 e. The molecule has 0 saturated carbocycles. The molecule has 1 aliphatic heterocycles. The molecule has 122 valence electrons. The molecule has 1 N–H and O–H groups in total. The Hall–Kier alpha value is -1.50. The Bertz CT molecular complexity index is 401. The average molecular weight is 302 g/mol. The summed E-state index contributed by atoms with van der Waals surface area (Å²) in [6.45, 7) is 9.44. The molecule has 0 aromatic heterocycles. The molecule has 1 rings (SSSR count). The molecule has 0 radical (unpaired) electrons. The standard InChI is InChI=1S/C14H26N2O5/c1-7-14(8-2)9-15(6)11(17)16(19)10(14)20-12(18)21-13(3,4)5/h10,19H,7-9H2,1-6H3. The number of carbonyl (C=O) groups is 2. The molecule has 1 saturated heterocycles. The van der Waals surface area contributed by atoms with Crippen LogP contribution in [0.2, 0.25) is 0 Å². The predicted molar refractivity (Wildman–Crippen MR) is 75.8 cm³/mol. The predicted octanol–water partition coefficient (Wildman–Crippen LogP) is 2.83. The van der Waals surface area contributed by atoms with Gasteiger partial charge in [-0.05, 0) is 33.6 Å². The maximum Gasteiger partial charge on any atom is 0.510 e. The van der Waals surface area contributed by atoms with Gasteiger partial charge in [0, 0.05) is 19.0 Å². The highest BCUT2D eigenvalue weighted by Crippen LogP contribution is 2.38. The molecule has 0 aromatic rings. The van der Waals surface area contributed by atoms with Gasteiger partial charge in [0.2, 0.25) is 6.23 Å². The summed E-state index contributed by atoms with van der Waals surface area (Å²) in [6, 6.07) is -0.596. The zero-order valence-corrected chi connectivity index (χ0v) is 13.7. The fourth-order valence-electron chi connectivity index (χ4n) is 2.52. The fraction of sp³-hybridized carbons (Fsp3) is 0.857. The Morgan fingerprint density at radius 3 is 2.33 bits per heavy atom. The summed E-state index contributed by atoms with van der Waals surface area (Å²) in [5.41, 5.74) is -1.23. The Balaban J connectivity index is 2.97. The Kier molecular flexibility index (Phi) is 5.09. The highest BCUT2D eigenvalue weighted by atomic mass is 16.8. The van der Waals surface area contributed by atoms with Crippen molar-refractivity contribution < 1.29 is 24.3 Å². The molecule has 1 atom stereocenters. The maximum atomic E-state index is 11.9. The molecule has 0 spiro atoms. The first-order valence-electron chi connectivity index (χ1n) is 7.19. The van der Waals surface area contributed by atoms with Gasteiger partial charge in [-0.2, -0.15) is 5.06 Å². The molecule has 7 nitrogen and oxygen atoms in total. The molecular weight excluding hydrogens is 276 g/mol. The van der Waals surface area contributed by atoms with Gasteiger partial charge in [-0.3, -0.25) is 5.21 Å². The average Bonchev–Trinajstić information content (AvgIpc) is 2.37. The van der Waals surface area contributed by atoms with E-state index in [9.17, 15) is 14.8 Å². The fourth-order valence-corrected chi connectivity index (χ4v) is 2.52. The number of rotatable bonds is 3. The van der Waals surface area contributed by atoms with E-state index in [1.807, 2.05) is 13.8 Å². The minimum atomic E-state index is -1.05. The summed E-state index contributed by atoms with van der Waals surface area (Å²) in [4.78, 5) is 25.2. The number of hydrogen-bond acceptors (Lipinski definition) is 5. The van der Waals surface area contributed by atoms with Crippen molar-refractivity contribution in [1.82, 2.24) is 9.96 Å². The van der Waals surface area contributed by atoms with Crippen molar-refractivity contribution in [2.75, 3.05) is 13.6 Å². The van der Waals surface area contributed by atoms with Crippen LogP contribution in [0.1, 0.15) is 47.5 Å². The van der Waals surface area contributed by atoms with Crippen LogP contribution in [-0.2, 0) is 9.47 Å². The summed E-state index contributed by atoms with van der Waals surface area (Å²) in [5.74, 6) is 0. The molecule has 1 unspecified atom stereocenters. The molecule has 21 heavy (non-hydrogen) atoms. The second-order valence-electron chi connectivity index (χ2n) is 6.49. The van der Waals surface area contributed by atoms with E-state index in [1.165, 1.54) is 4.90 Å². The molecule has 1 aliphatic rings. The van der Waals surface area contributed by atoms with Crippen LogP contribution >= 0.6 is 0 Å². The molecule has 7 heteroatoms. The van der Waals surface area contributed by atoms with Gasteiger partial charge < -0.3 is 14.4 Å². The highest BCUT2D eigenvalue weighted by Gasteiger charge is 2.50. The summed E-state index contributed by atoms with van der Waals surface area (Å²) in [5, 5.41) is 10.5. The quantitative estimate of drug-likeness (QED) is 0.640. The van der Waals surface area contributed by atoms with Crippen molar-refractivity contribution in [1.29, 1.82) is 0 Å². The molecular formula is C14H26N2O5. The van der Waals surface area contributed by atoms with Crippen molar-refractivity contribution in [3.05, 3.63) is 0 Å². The normalized spacial score (nSPS) is 22.2. The third-order valence-corrected chi connectivity index (χ3v) is 3.83. The Morgan fingerprint density at radius 1 is 1.38 bits per heavy atom. The van der Waals surface area contributed by atoms with E-state index < -0.39 is 29.4 Å². The lowest BCUT2D eigenvalue weighted by atomic mass is 9.78. The van der Waals surface area contributed by atoms with Crippen molar-refractivity contribution in [3.63, 3.8) is 0 Å². The maximum absolute atomic E-state index is 11.9. The molecule has 0 aliphatic carbocycles. The molecule has 1 heterocycles. The summed E-state index contributed by atoms with van der Waals surface area (Å²) in [7, 11) is 1.61. The van der Waals surface area contributed by atoms with E-state index in [4.69, 9.17) is 9.47 Å². The van der Waals surface area contributed by atoms with Crippen molar-refractivity contribution >= 4 is 12.2 Å². The van der Waals surface area contributed by atoms with Crippen LogP contribution in [0.4, 0.5) is 9.59 Å². The topological polar surface area (TPSA) is 79.3 Å². The zero-order valence-electron chi connectivity index (χ0n) is 13.7. The van der Waals surface area contributed by atoms with E-state index in [-0.39, 0.29) is 0 Å². The lowest BCUT2D eigenvalue weighted by Gasteiger charge is -2.48. The van der Waals surface area contributed by atoms with Crippen LogP contribution in [0.15, 0.2) is 0 Å². The van der Waals surface area contributed by atoms with Gasteiger partial charge in [-0.1, -0.05) is 13.8 Å². The summed E-state index contributed by atoms with van der Waals surface area (Å²) < 4.78 is 10.4. The van der Waals surface area contributed by atoms with Crippen molar-refractivity contribution in [2.45, 2.75) is 59.3 Å². The first-order valence-corrected chi connectivity index (χ1v) is 7.19. The van der Waals surface area contributed by atoms with Crippen LogP contribution < -0.4 is 0 Å². The van der Waals surface area contributed by atoms with E-state index in [0.717, 1.165) is 0 Å². The van der Waals surface area contributed by atoms with E-state index in [2.05, 4.69) is 0 Å². The second-order valence-corrected chi connectivity index (χ2v) is 6.49. The molecule has 0 bridgehead atoms.